The Balaban J connectivity index is 1.46. The molecule has 2 aromatic carbocycles. The van der Waals surface area contributed by atoms with Gasteiger partial charge in [-0.3, -0.25) is 14.4 Å². The highest BCUT2D eigenvalue weighted by Crippen LogP contribution is 2.27. The Bertz CT molecular complexity index is 995. The maximum absolute atomic E-state index is 14.1. The standard InChI is InChI=1S/C24H25F2N3O3/c25-17-9-4-10-18(26)21(17)24(32)29-14-6-12-20(29)23(31)28-13-5-11-19(28)22(30)27-15-16-7-2-1-3-8-16/h1-4,7-10,19-20H,5-6,11-15H2,(H,27,30)/t19-,20-/m1/s1. The number of benzene rings is 2. The molecule has 168 valence electrons. The van der Waals surface area contributed by atoms with Crippen LogP contribution < -0.4 is 5.32 Å². The predicted molar refractivity (Wildman–Crippen MR) is 113 cm³/mol. The molecular formula is C24H25F2N3O3. The number of carbonyl (C=O) groups excluding carboxylic acids is 3. The molecule has 0 unspecified atom stereocenters. The Kier molecular flexibility index (Phi) is 6.48. The Labute approximate surface area is 185 Å². The van der Waals surface area contributed by atoms with Crippen LogP contribution in [0.2, 0.25) is 0 Å². The molecule has 2 aromatic rings. The monoisotopic (exact) mass is 441 g/mol. The van der Waals surface area contributed by atoms with E-state index in [2.05, 4.69) is 5.32 Å². The molecule has 32 heavy (non-hydrogen) atoms. The van der Waals surface area contributed by atoms with Crippen molar-refractivity contribution in [1.82, 2.24) is 15.1 Å². The van der Waals surface area contributed by atoms with Crippen LogP contribution >= 0.6 is 0 Å². The van der Waals surface area contributed by atoms with E-state index >= 15 is 0 Å². The van der Waals surface area contributed by atoms with E-state index < -0.39 is 35.2 Å². The lowest BCUT2D eigenvalue weighted by Gasteiger charge is -2.31. The van der Waals surface area contributed by atoms with Crippen molar-refractivity contribution >= 4 is 17.7 Å². The maximum atomic E-state index is 14.1. The van der Waals surface area contributed by atoms with Crippen molar-refractivity contribution in [2.24, 2.45) is 0 Å². The first kappa shape index (κ1) is 21.9. The number of carbonyl (C=O) groups is 3. The summed E-state index contributed by atoms with van der Waals surface area (Å²) >= 11 is 0. The summed E-state index contributed by atoms with van der Waals surface area (Å²) in [5.41, 5.74) is 0.307. The summed E-state index contributed by atoms with van der Waals surface area (Å²) in [5, 5.41) is 2.88. The van der Waals surface area contributed by atoms with Crippen molar-refractivity contribution in [2.75, 3.05) is 13.1 Å². The van der Waals surface area contributed by atoms with Gasteiger partial charge in [-0.25, -0.2) is 8.78 Å². The van der Waals surface area contributed by atoms with Gasteiger partial charge in [0.15, 0.2) is 0 Å². The van der Waals surface area contributed by atoms with Crippen molar-refractivity contribution in [3.63, 3.8) is 0 Å². The van der Waals surface area contributed by atoms with E-state index in [9.17, 15) is 23.2 Å². The van der Waals surface area contributed by atoms with Gasteiger partial charge in [0.2, 0.25) is 11.8 Å². The zero-order valence-electron chi connectivity index (χ0n) is 17.6. The van der Waals surface area contributed by atoms with Crippen LogP contribution in [0.4, 0.5) is 8.78 Å². The summed E-state index contributed by atoms with van der Waals surface area (Å²) in [6.45, 7) is 1.01. The summed E-state index contributed by atoms with van der Waals surface area (Å²) < 4.78 is 28.3. The number of hydrogen-bond acceptors (Lipinski definition) is 3. The summed E-state index contributed by atoms with van der Waals surface area (Å²) in [4.78, 5) is 41.7. The fourth-order valence-corrected chi connectivity index (χ4v) is 4.51. The molecule has 0 aromatic heterocycles. The molecule has 2 atom stereocenters. The summed E-state index contributed by atoms with van der Waals surface area (Å²) in [6.07, 6.45) is 2.17. The molecule has 3 amide bonds. The summed E-state index contributed by atoms with van der Waals surface area (Å²) in [6, 6.07) is 11.3. The molecule has 0 spiro atoms. The largest absolute Gasteiger partial charge is 0.350 e. The van der Waals surface area contributed by atoms with E-state index in [0.29, 0.717) is 38.8 Å². The van der Waals surface area contributed by atoms with Gasteiger partial charge in [0.25, 0.3) is 5.91 Å². The SMILES string of the molecule is O=C(NCc1ccccc1)[C@H]1CCCN1C(=O)[C@H]1CCCN1C(=O)c1c(F)cccc1F. The van der Waals surface area contributed by atoms with Crippen molar-refractivity contribution in [3.8, 4) is 0 Å². The topological polar surface area (TPSA) is 69.7 Å². The van der Waals surface area contributed by atoms with E-state index in [1.807, 2.05) is 30.3 Å². The third-order valence-electron chi connectivity index (χ3n) is 6.12. The third kappa shape index (κ3) is 4.35. The number of amides is 3. The zero-order chi connectivity index (χ0) is 22.7. The minimum absolute atomic E-state index is 0.238. The van der Waals surface area contributed by atoms with Crippen molar-refractivity contribution in [2.45, 2.75) is 44.3 Å². The van der Waals surface area contributed by atoms with E-state index in [0.717, 1.165) is 17.7 Å². The number of nitrogens with one attached hydrogen (secondary N) is 1. The van der Waals surface area contributed by atoms with Gasteiger partial charge in [0.05, 0.1) is 0 Å². The van der Waals surface area contributed by atoms with E-state index in [-0.39, 0.29) is 18.4 Å². The maximum Gasteiger partial charge on any atom is 0.260 e. The lowest BCUT2D eigenvalue weighted by Crippen LogP contribution is -2.53. The van der Waals surface area contributed by atoms with Crippen LogP contribution in [-0.4, -0.2) is 52.7 Å². The second kappa shape index (κ2) is 9.46. The van der Waals surface area contributed by atoms with E-state index in [1.54, 1.807) is 0 Å². The van der Waals surface area contributed by atoms with Gasteiger partial charge in [0.1, 0.15) is 29.3 Å². The molecule has 0 bridgehead atoms. The highest BCUT2D eigenvalue weighted by Gasteiger charge is 2.42. The number of rotatable bonds is 5. The Morgan fingerprint density at radius 3 is 2.16 bits per heavy atom. The summed E-state index contributed by atoms with van der Waals surface area (Å²) in [7, 11) is 0. The number of hydrogen-bond donors (Lipinski definition) is 1. The molecule has 4 rings (SSSR count). The van der Waals surface area contributed by atoms with Crippen molar-refractivity contribution in [1.29, 1.82) is 0 Å². The Morgan fingerprint density at radius 2 is 1.47 bits per heavy atom. The fraction of sp³-hybridized carbons (Fsp3) is 0.375. The second-order valence-corrected chi connectivity index (χ2v) is 8.15. The Hall–Kier alpha value is -3.29. The van der Waals surface area contributed by atoms with Crippen LogP contribution in [0.15, 0.2) is 48.5 Å². The minimum atomic E-state index is -0.951. The van der Waals surface area contributed by atoms with Crippen LogP contribution in [0.25, 0.3) is 0 Å². The second-order valence-electron chi connectivity index (χ2n) is 8.15. The zero-order valence-corrected chi connectivity index (χ0v) is 17.6. The van der Waals surface area contributed by atoms with Crippen LogP contribution in [-0.2, 0) is 16.1 Å². The number of likely N-dealkylation sites (tertiary alicyclic amines) is 2. The van der Waals surface area contributed by atoms with Crippen LogP contribution in [0, 0.1) is 11.6 Å². The molecule has 1 N–H and O–H groups in total. The number of nitrogens with zero attached hydrogens (tertiary/aromatic N) is 2. The van der Waals surface area contributed by atoms with Gasteiger partial charge in [-0.15, -0.1) is 0 Å². The van der Waals surface area contributed by atoms with Gasteiger partial charge in [-0.05, 0) is 43.4 Å². The molecule has 2 fully saturated rings. The van der Waals surface area contributed by atoms with Gasteiger partial charge in [-0.2, -0.15) is 0 Å². The molecule has 0 aliphatic carbocycles. The first-order valence-electron chi connectivity index (χ1n) is 10.8. The molecular weight excluding hydrogens is 416 g/mol. The summed E-state index contributed by atoms with van der Waals surface area (Å²) in [5.74, 6) is -3.32. The van der Waals surface area contributed by atoms with Crippen LogP contribution in [0.3, 0.4) is 0 Å². The van der Waals surface area contributed by atoms with Crippen molar-refractivity contribution in [3.05, 3.63) is 71.3 Å². The lowest BCUT2D eigenvalue weighted by atomic mass is 10.1. The van der Waals surface area contributed by atoms with Crippen molar-refractivity contribution < 1.29 is 23.2 Å². The van der Waals surface area contributed by atoms with Crippen LogP contribution in [0.5, 0.6) is 0 Å². The van der Waals surface area contributed by atoms with Gasteiger partial charge in [0, 0.05) is 19.6 Å². The molecule has 6 nitrogen and oxygen atoms in total. The van der Waals surface area contributed by atoms with E-state index in [1.165, 1.54) is 15.9 Å². The molecule has 0 saturated carbocycles. The highest BCUT2D eigenvalue weighted by molar-refractivity contribution is 5.99. The molecule has 8 heteroatoms. The predicted octanol–water partition coefficient (Wildman–Crippen LogP) is 2.88. The molecule has 2 aliphatic rings. The van der Waals surface area contributed by atoms with Gasteiger partial charge in [-0.1, -0.05) is 36.4 Å². The first-order chi connectivity index (χ1) is 15.5. The van der Waals surface area contributed by atoms with Crippen LogP contribution in [0.1, 0.15) is 41.6 Å². The average molecular weight is 441 g/mol. The molecule has 2 aliphatic heterocycles. The average Bonchev–Trinajstić information content (AvgIpc) is 3.47. The Morgan fingerprint density at radius 1 is 0.844 bits per heavy atom. The fourth-order valence-electron chi connectivity index (χ4n) is 4.51. The van der Waals surface area contributed by atoms with Gasteiger partial charge < -0.3 is 15.1 Å². The normalized spacial score (nSPS) is 20.4. The smallest absolute Gasteiger partial charge is 0.260 e. The molecule has 2 heterocycles. The quantitative estimate of drug-likeness (QED) is 0.776. The van der Waals surface area contributed by atoms with Gasteiger partial charge >= 0.3 is 0 Å². The lowest BCUT2D eigenvalue weighted by molar-refractivity contribution is -0.141. The molecule has 2 saturated heterocycles. The molecule has 0 radical (unpaired) electrons. The first-order valence-corrected chi connectivity index (χ1v) is 10.8. The highest BCUT2D eigenvalue weighted by atomic mass is 19.1. The minimum Gasteiger partial charge on any atom is -0.350 e. The third-order valence-corrected chi connectivity index (χ3v) is 6.12. The van der Waals surface area contributed by atoms with E-state index in [4.69, 9.17) is 0 Å². The number of halogens is 2.